The fraction of sp³-hybridized carbons (Fsp3) is 0.538. The maximum Gasteiger partial charge on any atom is 0.124 e. The maximum atomic E-state index is 12.9. The number of hydrogen-bond donors (Lipinski definition) is 1. The van der Waals surface area contributed by atoms with Crippen LogP contribution in [0.5, 0.6) is 0 Å². The van der Waals surface area contributed by atoms with E-state index in [2.05, 4.69) is 18.5 Å². The van der Waals surface area contributed by atoms with Crippen molar-refractivity contribution in [3.05, 3.63) is 34.6 Å². The molecule has 1 N–H and O–H groups in total. The van der Waals surface area contributed by atoms with Crippen LogP contribution in [-0.4, -0.2) is 24.6 Å². The standard InChI is InChI=1S/C13H19ClFNS/c1-3-6-16-12(9-17-2)7-10-4-5-11(15)8-13(10)14/h4-5,8,12,16H,3,6-7,9H2,1-2H3. The summed E-state index contributed by atoms with van der Waals surface area (Å²) in [7, 11) is 0. The third-order valence-corrected chi connectivity index (χ3v) is 3.62. The molecule has 0 saturated heterocycles. The Bertz CT molecular complexity index is 346. The van der Waals surface area contributed by atoms with Crippen LogP contribution in [0.1, 0.15) is 18.9 Å². The molecule has 1 aromatic rings. The normalized spacial score (nSPS) is 12.7. The molecular weight excluding hydrogens is 257 g/mol. The van der Waals surface area contributed by atoms with Gasteiger partial charge in [-0.05, 0) is 43.3 Å². The van der Waals surface area contributed by atoms with Crippen LogP contribution in [0, 0.1) is 5.82 Å². The van der Waals surface area contributed by atoms with Crippen molar-refractivity contribution < 1.29 is 4.39 Å². The highest BCUT2D eigenvalue weighted by molar-refractivity contribution is 7.98. The molecule has 0 aliphatic rings. The number of benzene rings is 1. The molecule has 0 spiro atoms. The second kappa shape index (κ2) is 7.96. The van der Waals surface area contributed by atoms with Gasteiger partial charge in [-0.25, -0.2) is 4.39 Å². The lowest BCUT2D eigenvalue weighted by atomic mass is 10.1. The third-order valence-electron chi connectivity index (χ3n) is 2.53. The van der Waals surface area contributed by atoms with Crippen molar-refractivity contribution in [2.45, 2.75) is 25.8 Å². The van der Waals surface area contributed by atoms with E-state index in [9.17, 15) is 4.39 Å². The highest BCUT2D eigenvalue weighted by atomic mass is 35.5. The molecule has 96 valence electrons. The van der Waals surface area contributed by atoms with E-state index in [4.69, 9.17) is 11.6 Å². The Hall–Kier alpha value is -0.250. The van der Waals surface area contributed by atoms with Crippen molar-refractivity contribution in [1.82, 2.24) is 5.32 Å². The van der Waals surface area contributed by atoms with Gasteiger partial charge in [0.05, 0.1) is 0 Å². The van der Waals surface area contributed by atoms with Gasteiger partial charge in [0.2, 0.25) is 0 Å². The second-order valence-corrected chi connectivity index (χ2v) is 5.36. The summed E-state index contributed by atoms with van der Waals surface area (Å²) >= 11 is 7.84. The van der Waals surface area contributed by atoms with Gasteiger partial charge in [-0.1, -0.05) is 24.6 Å². The Morgan fingerprint density at radius 2 is 2.24 bits per heavy atom. The molecule has 0 amide bonds. The monoisotopic (exact) mass is 275 g/mol. The van der Waals surface area contributed by atoms with Gasteiger partial charge in [0, 0.05) is 16.8 Å². The lowest BCUT2D eigenvalue weighted by Crippen LogP contribution is -2.34. The van der Waals surface area contributed by atoms with E-state index in [-0.39, 0.29) is 5.82 Å². The minimum atomic E-state index is -0.276. The molecule has 0 radical (unpaired) electrons. The Balaban J connectivity index is 2.64. The SMILES string of the molecule is CCCNC(CSC)Cc1ccc(F)cc1Cl. The molecule has 0 aliphatic heterocycles. The summed E-state index contributed by atoms with van der Waals surface area (Å²) in [5.74, 6) is 0.759. The van der Waals surface area contributed by atoms with Crippen LogP contribution in [-0.2, 0) is 6.42 Å². The van der Waals surface area contributed by atoms with Gasteiger partial charge in [-0.3, -0.25) is 0 Å². The van der Waals surface area contributed by atoms with Crippen molar-refractivity contribution in [2.24, 2.45) is 0 Å². The predicted molar refractivity (Wildman–Crippen MR) is 75.6 cm³/mol. The highest BCUT2D eigenvalue weighted by Crippen LogP contribution is 2.19. The summed E-state index contributed by atoms with van der Waals surface area (Å²) in [5, 5.41) is 4.01. The first-order valence-corrected chi connectivity index (χ1v) is 7.60. The molecule has 1 atom stereocenters. The van der Waals surface area contributed by atoms with E-state index < -0.39 is 0 Å². The van der Waals surface area contributed by atoms with E-state index in [1.165, 1.54) is 12.1 Å². The highest BCUT2D eigenvalue weighted by Gasteiger charge is 2.10. The topological polar surface area (TPSA) is 12.0 Å². The summed E-state index contributed by atoms with van der Waals surface area (Å²) < 4.78 is 12.9. The fourth-order valence-corrected chi connectivity index (χ4v) is 2.57. The average molecular weight is 276 g/mol. The minimum absolute atomic E-state index is 0.276. The zero-order valence-corrected chi connectivity index (χ0v) is 11.9. The first-order chi connectivity index (χ1) is 8.17. The van der Waals surface area contributed by atoms with Crippen LogP contribution in [0.3, 0.4) is 0 Å². The molecule has 17 heavy (non-hydrogen) atoms. The van der Waals surface area contributed by atoms with Crippen molar-refractivity contribution in [2.75, 3.05) is 18.6 Å². The van der Waals surface area contributed by atoms with Crippen LogP contribution >= 0.6 is 23.4 Å². The second-order valence-electron chi connectivity index (χ2n) is 4.05. The Morgan fingerprint density at radius 3 is 2.82 bits per heavy atom. The number of rotatable bonds is 7. The van der Waals surface area contributed by atoms with Gasteiger partial charge in [0.25, 0.3) is 0 Å². The summed E-state index contributed by atoms with van der Waals surface area (Å²) in [5.41, 5.74) is 1.01. The van der Waals surface area contributed by atoms with Crippen LogP contribution in [0.25, 0.3) is 0 Å². The lowest BCUT2D eigenvalue weighted by molar-refractivity contribution is 0.549. The molecule has 1 aromatic carbocycles. The lowest BCUT2D eigenvalue weighted by Gasteiger charge is -2.18. The Labute approximate surface area is 112 Å². The van der Waals surface area contributed by atoms with Crippen LogP contribution in [0.15, 0.2) is 18.2 Å². The molecule has 0 fully saturated rings. The predicted octanol–water partition coefficient (Wildman–Crippen LogP) is 3.75. The molecule has 0 aromatic heterocycles. The smallest absolute Gasteiger partial charge is 0.124 e. The van der Waals surface area contributed by atoms with Crippen LogP contribution in [0.4, 0.5) is 4.39 Å². The van der Waals surface area contributed by atoms with Gasteiger partial charge in [-0.2, -0.15) is 11.8 Å². The van der Waals surface area contributed by atoms with E-state index in [1.807, 2.05) is 11.8 Å². The quantitative estimate of drug-likeness (QED) is 0.813. The molecule has 1 rings (SSSR count). The molecule has 1 unspecified atom stereocenters. The van der Waals surface area contributed by atoms with Gasteiger partial charge < -0.3 is 5.32 Å². The number of thioether (sulfide) groups is 1. The van der Waals surface area contributed by atoms with Crippen molar-refractivity contribution in [3.63, 3.8) is 0 Å². The average Bonchev–Trinajstić information content (AvgIpc) is 2.29. The molecule has 1 nitrogen and oxygen atoms in total. The molecule has 0 aliphatic carbocycles. The van der Waals surface area contributed by atoms with Gasteiger partial charge in [-0.15, -0.1) is 0 Å². The maximum absolute atomic E-state index is 12.9. The van der Waals surface area contributed by atoms with Gasteiger partial charge in [0.1, 0.15) is 5.82 Å². The fourth-order valence-electron chi connectivity index (χ4n) is 1.69. The van der Waals surface area contributed by atoms with Crippen molar-refractivity contribution in [3.8, 4) is 0 Å². The molecule has 4 heteroatoms. The summed E-state index contributed by atoms with van der Waals surface area (Å²) in [6, 6.07) is 5.02. The first kappa shape index (κ1) is 14.8. The Kier molecular flexibility index (Phi) is 6.93. The summed E-state index contributed by atoms with van der Waals surface area (Å²) in [4.78, 5) is 0. The largest absolute Gasteiger partial charge is 0.313 e. The van der Waals surface area contributed by atoms with Gasteiger partial charge in [0.15, 0.2) is 0 Å². The number of halogens is 2. The minimum Gasteiger partial charge on any atom is -0.313 e. The molecule has 0 bridgehead atoms. The van der Waals surface area contributed by atoms with E-state index in [0.29, 0.717) is 11.1 Å². The zero-order chi connectivity index (χ0) is 12.7. The summed E-state index contributed by atoms with van der Waals surface area (Å²) in [6.45, 7) is 3.15. The molecule has 0 saturated carbocycles. The molecular formula is C13H19ClFNS. The Morgan fingerprint density at radius 1 is 1.47 bits per heavy atom. The number of hydrogen-bond acceptors (Lipinski definition) is 2. The first-order valence-electron chi connectivity index (χ1n) is 5.83. The van der Waals surface area contributed by atoms with E-state index in [0.717, 1.165) is 30.7 Å². The number of nitrogens with one attached hydrogen (secondary N) is 1. The van der Waals surface area contributed by atoms with Crippen LogP contribution in [0.2, 0.25) is 5.02 Å². The molecule has 0 heterocycles. The van der Waals surface area contributed by atoms with Gasteiger partial charge >= 0.3 is 0 Å². The summed E-state index contributed by atoms with van der Waals surface area (Å²) in [6.07, 6.45) is 4.05. The van der Waals surface area contributed by atoms with Crippen molar-refractivity contribution >= 4 is 23.4 Å². The third kappa shape index (κ3) is 5.28. The van der Waals surface area contributed by atoms with Crippen molar-refractivity contribution in [1.29, 1.82) is 0 Å². The van der Waals surface area contributed by atoms with E-state index in [1.54, 1.807) is 6.07 Å². The zero-order valence-electron chi connectivity index (χ0n) is 10.3. The van der Waals surface area contributed by atoms with Crippen LogP contribution < -0.4 is 5.32 Å². The van der Waals surface area contributed by atoms with E-state index >= 15 is 0 Å².